The number of halogens is 1. The number of piperidine rings is 2. The van der Waals surface area contributed by atoms with Gasteiger partial charge >= 0.3 is 0 Å². The second-order valence-electron chi connectivity index (χ2n) is 10.4. The zero-order chi connectivity index (χ0) is 25.8. The number of hydrogen-bond donors (Lipinski definition) is 2. The van der Waals surface area contributed by atoms with Gasteiger partial charge < -0.3 is 24.9 Å². The van der Waals surface area contributed by atoms with Gasteiger partial charge in [0.1, 0.15) is 23.2 Å². The number of furan rings is 1. The second-order valence-corrected chi connectivity index (χ2v) is 11.2. The molecule has 0 aliphatic carbocycles. The van der Waals surface area contributed by atoms with Gasteiger partial charge in [0.25, 0.3) is 0 Å². The van der Waals surface area contributed by atoms with Gasteiger partial charge in [0, 0.05) is 42.8 Å². The van der Waals surface area contributed by atoms with Gasteiger partial charge in [-0.1, -0.05) is 25.4 Å². The maximum Gasteiger partial charge on any atom is 0.232 e. The van der Waals surface area contributed by atoms with E-state index in [4.69, 9.17) is 38.2 Å². The van der Waals surface area contributed by atoms with E-state index < -0.39 is 0 Å². The monoisotopic (exact) mass is 538 g/mol. The zero-order valence-electron chi connectivity index (χ0n) is 21.5. The van der Waals surface area contributed by atoms with Crippen LogP contribution in [0.5, 0.6) is 0 Å². The molecule has 37 heavy (non-hydrogen) atoms. The van der Waals surface area contributed by atoms with Crippen molar-refractivity contribution in [2.45, 2.75) is 46.1 Å². The van der Waals surface area contributed by atoms with Crippen LogP contribution in [-0.4, -0.2) is 41.3 Å². The molecule has 196 valence electrons. The maximum absolute atomic E-state index is 6.00. The highest BCUT2D eigenvalue weighted by Crippen LogP contribution is 2.28. The van der Waals surface area contributed by atoms with Crippen molar-refractivity contribution in [3.8, 4) is 11.3 Å². The van der Waals surface area contributed by atoms with Gasteiger partial charge in [-0.05, 0) is 86.1 Å². The molecule has 1 aromatic carbocycles. The van der Waals surface area contributed by atoms with Crippen LogP contribution in [0.1, 0.15) is 45.3 Å². The average Bonchev–Trinajstić information content (AvgIpc) is 3.37. The molecule has 9 heteroatoms. The third-order valence-corrected chi connectivity index (χ3v) is 7.60. The van der Waals surface area contributed by atoms with Crippen LogP contribution in [0.2, 0.25) is 5.02 Å². The van der Waals surface area contributed by atoms with E-state index in [2.05, 4.69) is 40.3 Å². The Morgan fingerprint density at radius 2 is 1.59 bits per heavy atom. The number of thiocarbonyl (C=S) groups is 1. The summed E-state index contributed by atoms with van der Waals surface area (Å²) in [5.41, 5.74) is 0.980. The molecule has 0 saturated carbocycles. The summed E-state index contributed by atoms with van der Waals surface area (Å²) in [6, 6.07) is 13.6. The number of rotatable bonds is 6. The topological polar surface area (TPSA) is 69.5 Å². The van der Waals surface area contributed by atoms with Crippen LogP contribution < -0.4 is 20.4 Å². The van der Waals surface area contributed by atoms with Gasteiger partial charge in [0.15, 0.2) is 5.11 Å². The Kier molecular flexibility index (Phi) is 8.15. The van der Waals surface area contributed by atoms with Crippen molar-refractivity contribution in [3.63, 3.8) is 0 Å². The predicted molar refractivity (Wildman–Crippen MR) is 155 cm³/mol. The van der Waals surface area contributed by atoms with Gasteiger partial charge in [0.05, 0.1) is 6.54 Å². The molecule has 2 saturated heterocycles. The Labute approximate surface area is 229 Å². The first-order chi connectivity index (χ1) is 17.9. The summed E-state index contributed by atoms with van der Waals surface area (Å²) in [7, 11) is 0. The van der Waals surface area contributed by atoms with Gasteiger partial charge in [0.2, 0.25) is 5.95 Å². The Morgan fingerprint density at radius 1 is 0.973 bits per heavy atom. The summed E-state index contributed by atoms with van der Waals surface area (Å²) in [6.45, 7) is 9.16. The normalized spacial score (nSPS) is 20.1. The molecular formula is C28H35ClN6OS. The van der Waals surface area contributed by atoms with Crippen LogP contribution in [0.4, 0.5) is 17.6 Å². The van der Waals surface area contributed by atoms with Crippen LogP contribution >= 0.6 is 23.8 Å². The third-order valence-electron chi connectivity index (χ3n) is 7.10. The third kappa shape index (κ3) is 6.73. The molecule has 2 aliphatic heterocycles. The summed E-state index contributed by atoms with van der Waals surface area (Å²) < 4.78 is 5.99. The van der Waals surface area contributed by atoms with Crippen molar-refractivity contribution in [2.24, 2.45) is 11.8 Å². The van der Waals surface area contributed by atoms with E-state index >= 15 is 0 Å². The smallest absolute Gasteiger partial charge is 0.232 e. The van der Waals surface area contributed by atoms with Gasteiger partial charge in [-0.2, -0.15) is 9.97 Å². The Balaban J connectivity index is 1.27. The van der Waals surface area contributed by atoms with Crippen molar-refractivity contribution in [2.75, 3.05) is 41.3 Å². The number of nitrogens with zero attached hydrogens (tertiary/aromatic N) is 4. The van der Waals surface area contributed by atoms with E-state index in [-0.39, 0.29) is 0 Å². The minimum Gasteiger partial charge on any atom is -0.459 e. The molecule has 0 amide bonds. The fourth-order valence-electron chi connectivity index (χ4n) is 5.15. The lowest BCUT2D eigenvalue weighted by atomic mass is 10.00. The molecule has 0 spiro atoms. The highest BCUT2D eigenvalue weighted by Gasteiger charge is 2.23. The average molecular weight is 539 g/mol. The van der Waals surface area contributed by atoms with Crippen molar-refractivity contribution in [3.05, 3.63) is 53.2 Å². The lowest BCUT2D eigenvalue weighted by molar-refractivity contribution is 0.441. The highest BCUT2D eigenvalue weighted by atomic mass is 35.5. The Hall–Kier alpha value is -2.84. The molecule has 2 N–H and O–H groups in total. The molecule has 2 aliphatic rings. The molecule has 2 aromatic heterocycles. The summed E-state index contributed by atoms with van der Waals surface area (Å²) in [5, 5.41) is 7.62. The van der Waals surface area contributed by atoms with Gasteiger partial charge in [-0.25, -0.2) is 0 Å². The largest absolute Gasteiger partial charge is 0.459 e. The van der Waals surface area contributed by atoms with Crippen LogP contribution in [0, 0.1) is 11.8 Å². The fourth-order valence-corrected chi connectivity index (χ4v) is 5.44. The molecule has 2 atom stereocenters. The number of nitrogens with one attached hydrogen (secondary N) is 2. The SMILES string of the molecule is C[C@H]1CCCN(c2cc(N3CCC[C@H](C)C3)nc(NC(=S)NCc3ccc(-c4ccc(Cl)cc4)o3)n2)C1. The van der Waals surface area contributed by atoms with E-state index in [1.807, 2.05) is 36.4 Å². The molecule has 2 fully saturated rings. The van der Waals surface area contributed by atoms with Crippen LogP contribution in [0.3, 0.4) is 0 Å². The summed E-state index contributed by atoms with van der Waals surface area (Å²) >= 11 is 11.6. The molecule has 7 nitrogen and oxygen atoms in total. The molecule has 0 unspecified atom stereocenters. The first kappa shape index (κ1) is 25.8. The number of anilines is 3. The lowest BCUT2D eigenvalue weighted by Gasteiger charge is -2.35. The predicted octanol–water partition coefficient (Wildman–Crippen LogP) is 6.35. The second kappa shape index (κ2) is 11.7. The highest BCUT2D eigenvalue weighted by molar-refractivity contribution is 7.80. The maximum atomic E-state index is 6.00. The van der Waals surface area contributed by atoms with Crippen molar-refractivity contribution >= 4 is 46.5 Å². The van der Waals surface area contributed by atoms with E-state index in [9.17, 15) is 0 Å². The number of hydrogen-bond acceptors (Lipinski definition) is 6. The van der Waals surface area contributed by atoms with Crippen LogP contribution in [0.15, 0.2) is 46.9 Å². The molecular weight excluding hydrogens is 504 g/mol. The summed E-state index contributed by atoms with van der Waals surface area (Å²) in [4.78, 5) is 14.5. The quantitative estimate of drug-likeness (QED) is 0.352. The van der Waals surface area contributed by atoms with Gasteiger partial charge in [-0.3, -0.25) is 0 Å². The Bertz CT molecular complexity index is 1180. The first-order valence-electron chi connectivity index (χ1n) is 13.2. The van der Waals surface area contributed by atoms with Crippen LogP contribution in [-0.2, 0) is 6.54 Å². The molecule has 5 rings (SSSR count). The summed E-state index contributed by atoms with van der Waals surface area (Å²) in [6.07, 6.45) is 4.91. The number of aromatic nitrogens is 2. The van der Waals surface area contributed by atoms with Crippen molar-refractivity contribution in [1.29, 1.82) is 0 Å². The molecule has 4 heterocycles. The van der Waals surface area contributed by atoms with Crippen LogP contribution in [0.25, 0.3) is 11.3 Å². The van der Waals surface area contributed by atoms with Crippen molar-refractivity contribution in [1.82, 2.24) is 15.3 Å². The van der Waals surface area contributed by atoms with Crippen molar-refractivity contribution < 1.29 is 4.42 Å². The zero-order valence-corrected chi connectivity index (χ0v) is 23.1. The standard InChI is InChI=1S/C28H35ClN6OS/c1-19-5-3-13-34(17-19)25-15-26(35-14-4-6-20(2)18-35)32-27(31-25)33-28(37)30-16-23-11-12-24(36-23)21-7-9-22(29)10-8-21/h7-12,15,19-20H,3-6,13-14,16-18H2,1-2H3,(H2,30,31,32,33,37)/t19-,20-/m0/s1. The van der Waals surface area contributed by atoms with E-state index in [0.717, 1.165) is 54.9 Å². The Morgan fingerprint density at radius 3 is 2.19 bits per heavy atom. The molecule has 0 radical (unpaired) electrons. The van der Waals surface area contributed by atoms with Gasteiger partial charge in [-0.15, -0.1) is 0 Å². The number of benzene rings is 1. The first-order valence-corrected chi connectivity index (χ1v) is 14.0. The minimum absolute atomic E-state index is 0.458. The molecule has 0 bridgehead atoms. The van der Waals surface area contributed by atoms with E-state index in [1.165, 1.54) is 25.7 Å². The van der Waals surface area contributed by atoms with E-state index in [1.54, 1.807) is 0 Å². The lowest BCUT2D eigenvalue weighted by Crippen LogP contribution is -2.37. The molecule has 3 aromatic rings. The minimum atomic E-state index is 0.458. The summed E-state index contributed by atoms with van der Waals surface area (Å²) in [5.74, 6) is 5.37. The van der Waals surface area contributed by atoms with E-state index in [0.29, 0.717) is 34.5 Å². The fraction of sp³-hybridized carbons (Fsp3) is 0.464.